The number of amides is 1. The lowest BCUT2D eigenvalue weighted by atomic mass is 9.86. The van der Waals surface area contributed by atoms with E-state index in [0.717, 1.165) is 23.5 Å². The van der Waals surface area contributed by atoms with Crippen LogP contribution in [0.15, 0.2) is 29.2 Å². The lowest BCUT2D eigenvalue weighted by molar-refractivity contribution is -0.142. The molecule has 1 fully saturated rings. The first-order chi connectivity index (χ1) is 10.6. The van der Waals surface area contributed by atoms with E-state index in [0.29, 0.717) is 18.6 Å². The highest BCUT2D eigenvalue weighted by atomic mass is 32.2. The van der Waals surface area contributed by atoms with Crippen molar-refractivity contribution in [2.45, 2.75) is 36.6 Å². The zero-order chi connectivity index (χ0) is 15.9. The lowest BCUT2D eigenvalue weighted by Gasteiger charge is -2.26. The summed E-state index contributed by atoms with van der Waals surface area (Å²) in [5.41, 5.74) is 0. The number of hydrogen-bond acceptors (Lipinski definition) is 4. The molecule has 1 aromatic rings. The van der Waals surface area contributed by atoms with Crippen molar-refractivity contribution in [3.63, 3.8) is 0 Å². The van der Waals surface area contributed by atoms with E-state index < -0.39 is 5.97 Å². The van der Waals surface area contributed by atoms with Gasteiger partial charge < -0.3 is 15.2 Å². The molecule has 120 valence electrons. The maximum absolute atomic E-state index is 12.0. The predicted octanol–water partition coefficient (Wildman–Crippen LogP) is 2.55. The molecule has 2 rings (SSSR count). The Balaban J connectivity index is 1.73. The molecular formula is C16H21NO4S. The van der Waals surface area contributed by atoms with Crippen molar-refractivity contribution in [2.75, 3.05) is 12.9 Å². The van der Waals surface area contributed by atoms with Gasteiger partial charge in [0.2, 0.25) is 5.91 Å². The molecule has 22 heavy (non-hydrogen) atoms. The Hall–Kier alpha value is -1.69. The van der Waals surface area contributed by atoms with Gasteiger partial charge in [-0.05, 0) is 43.9 Å². The van der Waals surface area contributed by atoms with Crippen LogP contribution in [0.2, 0.25) is 0 Å². The van der Waals surface area contributed by atoms with Gasteiger partial charge in [0.05, 0.1) is 18.8 Å². The number of carbonyl (C=O) groups excluding carboxylic acids is 1. The molecule has 1 aromatic carbocycles. The minimum atomic E-state index is -0.724. The molecule has 6 heteroatoms. The summed E-state index contributed by atoms with van der Waals surface area (Å²) in [6.45, 7) is 0. The first-order valence-electron chi connectivity index (χ1n) is 7.37. The molecule has 1 aliphatic carbocycles. The van der Waals surface area contributed by atoms with Crippen molar-refractivity contribution in [1.29, 1.82) is 0 Å². The summed E-state index contributed by atoms with van der Waals surface area (Å²) >= 11 is 1.47. The van der Waals surface area contributed by atoms with Crippen molar-refractivity contribution < 1.29 is 19.4 Å². The highest BCUT2D eigenvalue weighted by Gasteiger charge is 2.26. The number of carbonyl (C=O) groups is 2. The van der Waals surface area contributed by atoms with Crippen LogP contribution in [-0.4, -0.2) is 35.9 Å². The van der Waals surface area contributed by atoms with Crippen molar-refractivity contribution in [3.05, 3.63) is 24.3 Å². The van der Waals surface area contributed by atoms with Gasteiger partial charge in [0.15, 0.2) is 0 Å². The second-order valence-electron chi connectivity index (χ2n) is 5.42. The van der Waals surface area contributed by atoms with Gasteiger partial charge in [-0.3, -0.25) is 9.59 Å². The van der Waals surface area contributed by atoms with Gasteiger partial charge in [0, 0.05) is 10.9 Å². The molecule has 0 saturated heterocycles. The quantitative estimate of drug-likeness (QED) is 0.787. The third-order valence-electron chi connectivity index (χ3n) is 3.85. The van der Waals surface area contributed by atoms with Crippen LogP contribution in [0, 0.1) is 5.92 Å². The molecule has 0 spiro atoms. The van der Waals surface area contributed by atoms with E-state index in [1.165, 1.54) is 11.8 Å². The van der Waals surface area contributed by atoms with Crippen LogP contribution in [0.4, 0.5) is 0 Å². The van der Waals surface area contributed by atoms with Crippen LogP contribution in [0.1, 0.15) is 25.7 Å². The van der Waals surface area contributed by atoms with Gasteiger partial charge in [0.25, 0.3) is 0 Å². The summed E-state index contributed by atoms with van der Waals surface area (Å²) in [4.78, 5) is 23.9. The van der Waals surface area contributed by atoms with Crippen LogP contribution in [0.25, 0.3) is 0 Å². The van der Waals surface area contributed by atoms with Crippen LogP contribution in [-0.2, 0) is 9.59 Å². The lowest BCUT2D eigenvalue weighted by Crippen LogP contribution is -2.39. The maximum atomic E-state index is 12.0. The smallest absolute Gasteiger partial charge is 0.306 e. The predicted molar refractivity (Wildman–Crippen MR) is 85.2 cm³/mol. The molecule has 0 atom stereocenters. The van der Waals surface area contributed by atoms with E-state index in [4.69, 9.17) is 9.84 Å². The van der Waals surface area contributed by atoms with Crippen molar-refractivity contribution in [2.24, 2.45) is 5.92 Å². The Bertz CT molecular complexity index is 527. The van der Waals surface area contributed by atoms with Gasteiger partial charge in [0.1, 0.15) is 5.75 Å². The Morgan fingerprint density at radius 1 is 1.32 bits per heavy atom. The molecule has 2 N–H and O–H groups in total. The molecule has 1 aliphatic rings. The second-order valence-corrected chi connectivity index (χ2v) is 6.47. The Labute approximate surface area is 134 Å². The molecule has 0 aromatic heterocycles. The van der Waals surface area contributed by atoms with Crippen molar-refractivity contribution in [1.82, 2.24) is 5.32 Å². The number of thioether (sulfide) groups is 1. The first kappa shape index (κ1) is 16.7. The number of carboxylic acid groups (broad SMARTS) is 1. The SMILES string of the molecule is COc1cccc(SCC(=O)NC2CCC(C(=O)O)CC2)c1. The molecule has 0 heterocycles. The van der Waals surface area contributed by atoms with Gasteiger partial charge in [-0.1, -0.05) is 6.07 Å². The third kappa shape index (κ3) is 4.94. The standard InChI is InChI=1S/C16H21NO4S/c1-21-13-3-2-4-14(9-13)22-10-15(18)17-12-7-5-11(6-8-12)16(19)20/h2-4,9,11-12H,5-8,10H2,1H3,(H,17,18)(H,19,20). The number of rotatable bonds is 6. The topological polar surface area (TPSA) is 75.6 Å². The van der Waals surface area contributed by atoms with E-state index in [9.17, 15) is 9.59 Å². The Kier molecular flexibility index (Phi) is 6.12. The van der Waals surface area contributed by atoms with Crippen LogP contribution < -0.4 is 10.1 Å². The van der Waals surface area contributed by atoms with E-state index in [1.807, 2.05) is 24.3 Å². The fraction of sp³-hybridized carbons (Fsp3) is 0.500. The first-order valence-corrected chi connectivity index (χ1v) is 8.36. The summed E-state index contributed by atoms with van der Waals surface area (Å²) in [5.74, 6) is 0.146. The zero-order valence-electron chi connectivity index (χ0n) is 12.6. The summed E-state index contributed by atoms with van der Waals surface area (Å²) < 4.78 is 5.15. The molecule has 1 amide bonds. The Morgan fingerprint density at radius 2 is 2.05 bits per heavy atom. The largest absolute Gasteiger partial charge is 0.497 e. The van der Waals surface area contributed by atoms with E-state index in [-0.39, 0.29) is 17.9 Å². The summed E-state index contributed by atoms with van der Waals surface area (Å²) in [7, 11) is 1.62. The monoisotopic (exact) mass is 323 g/mol. The minimum Gasteiger partial charge on any atom is -0.497 e. The summed E-state index contributed by atoms with van der Waals surface area (Å²) in [6.07, 6.45) is 2.77. The average molecular weight is 323 g/mol. The molecule has 1 saturated carbocycles. The van der Waals surface area contributed by atoms with Gasteiger partial charge in [-0.2, -0.15) is 0 Å². The number of hydrogen-bond donors (Lipinski definition) is 2. The highest BCUT2D eigenvalue weighted by molar-refractivity contribution is 8.00. The number of methoxy groups -OCH3 is 1. The molecular weight excluding hydrogens is 302 g/mol. The average Bonchev–Trinajstić information content (AvgIpc) is 2.53. The normalized spacial score (nSPS) is 21.1. The number of nitrogens with one attached hydrogen (secondary N) is 1. The molecule has 5 nitrogen and oxygen atoms in total. The van der Waals surface area contributed by atoms with E-state index in [1.54, 1.807) is 7.11 Å². The molecule has 0 radical (unpaired) electrons. The second kappa shape index (κ2) is 8.08. The molecule has 0 aliphatic heterocycles. The van der Waals surface area contributed by atoms with E-state index >= 15 is 0 Å². The number of benzene rings is 1. The van der Waals surface area contributed by atoms with Crippen molar-refractivity contribution in [3.8, 4) is 5.75 Å². The van der Waals surface area contributed by atoms with Crippen LogP contribution >= 0.6 is 11.8 Å². The number of carboxylic acids is 1. The third-order valence-corrected chi connectivity index (χ3v) is 4.85. The fourth-order valence-corrected chi connectivity index (χ4v) is 3.35. The van der Waals surface area contributed by atoms with Gasteiger partial charge in [-0.15, -0.1) is 11.8 Å². The summed E-state index contributed by atoms with van der Waals surface area (Å²) in [5, 5.41) is 12.0. The van der Waals surface area contributed by atoms with Crippen LogP contribution in [0.3, 0.4) is 0 Å². The number of ether oxygens (including phenoxy) is 1. The maximum Gasteiger partial charge on any atom is 0.306 e. The molecule has 0 unspecified atom stereocenters. The van der Waals surface area contributed by atoms with Crippen molar-refractivity contribution >= 4 is 23.6 Å². The highest BCUT2D eigenvalue weighted by Crippen LogP contribution is 2.25. The van der Waals surface area contributed by atoms with Crippen LogP contribution in [0.5, 0.6) is 5.75 Å². The minimum absolute atomic E-state index is 0.00778. The molecule has 0 bridgehead atoms. The van der Waals surface area contributed by atoms with E-state index in [2.05, 4.69) is 5.32 Å². The zero-order valence-corrected chi connectivity index (χ0v) is 13.4. The fourth-order valence-electron chi connectivity index (χ4n) is 2.59. The summed E-state index contributed by atoms with van der Waals surface area (Å²) in [6, 6.07) is 7.71. The Morgan fingerprint density at radius 3 is 2.68 bits per heavy atom. The van der Waals surface area contributed by atoms with Gasteiger partial charge in [-0.25, -0.2) is 0 Å². The number of aliphatic carboxylic acids is 1. The van der Waals surface area contributed by atoms with Gasteiger partial charge >= 0.3 is 5.97 Å².